The van der Waals surface area contributed by atoms with Gasteiger partial charge in [-0.15, -0.1) is 0 Å². The molecular weight excluding hydrogens is 873 g/mol. The Labute approximate surface area is 421 Å². The van der Waals surface area contributed by atoms with Crippen LogP contribution in [0.2, 0.25) is 0 Å². The van der Waals surface area contributed by atoms with Gasteiger partial charge in [-0.2, -0.15) is 5.26 Å². The summed E-state index contributed by atoms with van der Waals surface area (Å²) in [5, 5.41) is 15.9. The first-order valence-electron chi connectivity index (χ1n) is 24.9. The fourth-order valence-electron chi connectivity index (χ4n) is 11.6. The van der Waals surface area contributed by atoms with Crippen molar-refractivity contribution in [1.29, 1.82) is 5.26 Å². The average Bonchev–Trinajstić information content (AvgIpc) is 3.87. The predicted molar refractivity (Wildman–Crippen MR) is 303 cm³/mol. The van der Waals surface area contributed by atoms with E-state index in [0.717, 1.165) is 88.4 Å². The zero-order valence-corrected chi connectivity index (χ0v) is 42.1. The van der Waals surface area contributed by atoms with E-state index in [4.69, 9.17) is 0 Å². The van der Waals surface area contributed by atoms with Gasteiger partial charge in [-0.3, -0.25) is 4.98 Å². The van der Waals surface area contributed by atoms with Crippen molar-refractivity contribution in [3.8, 4) is 73.1 Å². The van der Waals surface area contributed by atoms with Gasteiger partial charge in [-0.25, -0.2) is 0 Å². The third-order valence-corrected chi connectivity index (χ3v) is 15.0. The minimum Gasteiger partial charge on any atom is -0.307 e. The average molecular weight is 927 g/mol. The lowest BCUT2D eigenvalue weighted by atomic mass is 9.96. The van der Waals surface area contributed by atoms with Crippen molar-refractivity contribution in [2.75, 3.05) is 0 Å². The van der Waals surface area contributed by atoms with Gasteiger partial charge in [0.05, 0.1) is 45.1 Å². The Hall–Kier alpha value is -8.78. The third-order valence-electron chi connectivity index (χ3n) is 15.0. The molecule has 3 heterocycles. The molecule has 0 aliphatic carbocycles. The molecule has 72 heavy (non-hydrogen) atoms. The second-order valence-corrected chi connectivity index (χ2v) is 20.1. The summed E-state index contributed by atoms with van der Waals surface area (Å²) in [7, 11) is 0. The molecule has 3 aromatic heterocycles. The zero-order chi connectivity index (χ0) is 49.5. The normalized spacial score (nSPS) is 11.6. The van der Waals surface area contributed by atoms with Crippen molar-refractivity contribution < 1.29 is 0 Å². The number of aryl methyl sites for hydroxylation is 8. The van der Waals surface area contributed by atoms with Crippen molar-refractivity contribution in [1.82, 2.24) is 14.1 Å². The van der Waals surface area contributed by atoms with Gasteiger partial charge < -0.3 is 9.13 Å². The maximum atomic E-state index is 11.3. The molecule has 0 saturated heterocycles. The Morgan fingerprint density at radius 3 is 1.00 bits per heavy atom. The molecule has 0 aliphatic heterocycles. The molecule has 9 aromatic carbocycles. The maximum Gasteiger partial charge on any atom is 0.0999 e. The van der Waals surface area contributed by atoms with Crippen LogP contribution < -0.4 is 0 Å². The molecular formula is C68H54N4. The molecule has 0 saturated carbocycles. The summed E-state index contributed by atoms with van der Waals surface area (Å²) in [6, 6.07) is 65.7. The molecule has 0 amide bonds. The first-order valence-corrected chi connectivity index (χ1v) is 24.9. The minimum atomic E-state index is 0.570. The number of rotatable bonds is 7. The number of nitrogens with zero attached hydrogens (tertiary/aromatic N) is 4. The van der Waals surface area contributed by atoms with Crippen LogP contribution in [0.4, 0.5) is 0 Å². The van der Waals surface area contributed by atoms with E-state index < -0.39 is 0 Å². The van der Waals surface area contributed by atoms with Crippen LogP contribution in [0, 0.1) is 66.7 Å². The second-order valence-electron chi connectivity index (χ2n) is 20.1. The summed E-state index contributed by atoms with van der Waals surface area (Å²) in [6.45, 7) is 17.4. The van der Waals surface area contributed by atoms with Crippen LogP contribution in [-0.2, 0) is 0 Å². The monoisotopic (exact) mass is 926 g/mol. The first-order chi connectivity index (χ1) is 34.9. The highest BCUT2D eigenvalue weighted by molar-refractivity contribution is 6.14. The van der Waals surface area contributed by atoms with Gasteiger partial charge >= 0.3 is 0 Å². The SMILES string of the molecule is Cc1ccc(-c2ccc3c4ccc(-c5ccc(C)cc5C)cc4n(-c4cc(C#N)c(-c5cccnc5)cc4-n4c5cc(-c6ccc(C)cc6C)ccc5c5ccc(-c6ccc(C)cc6C)cc54)c3c2)c(C)c1. The lowest BCUT2D eigenvalue weighted by Crippen LogP contribution is -2.06. The highest BCUT2D eigenvalue weighted by Gasteiger charge is 2.25. The second kappa shape index (κ2) is 17.3. The van der Waals surface area contributed by atoms with Gasteiger partial charge in [0.1, 0.15) is 0 Å². The summed E-state index contributed by atoms with van der Waals surface area (Å²) < 4.78 is 4.91. The van der Waals surface area contributed by atoms with Gasteiger partial charge in [-0.05, 0) is 165 Å². The van der Waals surface area contributed by atoms with Crippen molar-refractivity contribution >= 4 is 43.6 Å². The van der Waals surface area contributed by atoms with E-state index in [-0.39, 0.29) is 0 Å². The van der Waals surface area contributed by atoms with E-state index in [1.807, 2.05) is 12.3 Å². The molecule has 0 atom stereocenters. The van der Waals surface area contributed by atoms with E-state index in [1.165, 1.54) is 66.8 Å². The molecule has 0 aliphatic rings. The van der Waals surface area contributed by atoms with E-state index in [0.29, 0.717) is 5.56 Å². The first kappa shape index (κ1) is 44.4. The number of fused-ring (bicyclic) bond motifs is 6. The lowest BCUT2D eigenvalue weighted by molar-refractivity contribution is 1.09. The fraction of sp³-hybridized carbons (Fsp3) is 0.118. The Bertz CT molecular complexity index is 4030. The number of hydrogen-bond donors (Lipinski definition) is 0. The Kier molecular flexibility index (Phi) is 10.7. The van der Waals surface area contributed by atoms with Crippen LogP contribution in [0.3, 0.4) is 0 Å². The summed E-state index contributed by atoms with van der Waals surface area (Å²) >= 11 is 0. The van der Waals surface area contributed by atoms with Crippen LogP contribution >= 0.6 is 0 Å². The number of aromatic nitrogens is 3. The number of nitriles is 1. The Balaban J connectivity index is 1.26. The van der Waals surface area contributed by atoms with E-state index in [1.54, 1.807) is 6.20 Å². The van der Waals surface area contributed by atoms with E-state index in [9.17, 15) is 5.26 Å². The largest absolute Gasteiger partial charge is 0.307 e. The van der Waals surface area contributed by atoms with Crippen LogP contribution in [0.25, 0.3) is 111 Å². The Morgan fingerprint density at radius 2 is 0.694 bits per heavy atom. The summed E-state index contributed by atoms with van der Waals surface area (Å²) in [6.07, 6.45) is 3.66. The van der Waals surface area contributed by atoms with Gasteiger partial charge in [-0.1, -0.05) is 150 Å². The van der Waals surface area contributed by atoms with Crippen LogP contribution in [0.15, 0.2) is 182 Å². The van der Waals surface area contributed by atoms with E-state index in [2.05, 4.69) is 239 Å². The Morgan fingerprint density at radius 1 is 0.347 bits per heavy atom. The highest BCUT2D eigenvalue weighted by Crippen LogP contribution is 2.45. The highest BCUT2D eigenvalue weighted by atomic mass is 15.1. The quantitative estimate of drug-likeness (QED) is 0.160. The fourth-order valence-corrected chi connectivity index (χ4v) is 11.6. The zero-order valence-electron chi connectivity index (χ0n) is 42.1. The molecule has 0 radical (unpaired) electrons. The van der Waals surface area contributed by atoms with Crippen LogP contribution in [0.1, 0.15) is 50.1 Å². The molecule has 0 fully saturated rings. The summed E-state index contributed by atoms with van der Waals surface area (Å²) in [5.74, 6) is 0. The molecule has 4 heteroatoms. The number of hydrogen-bond acceptors (Lipinski definition) is 2. The standard InChI is InChI=1S/C68H54N4/c1-40-11-19-54(44(5)28-40)48-15-23-58-59-24-16-49(55-20-12-41(2)29-45(55)6)33-64(59)71(63(58)32-48)67-36-53(38-69)62(52-10-9-27-70-39-52)37-68(67)72-65-34-50(56-21-13-42(3)30-46(56)7)17-25-60(65)61-26-18-51(35-66(61)72)57-22-14-43(4)31-47(57)8/h9-37,39H,1-8H3. The van der Waals surface area contributed by atoms with Crippen molar-refractivity contribution in [3.05, 3.63) is 232 Å². The van der Waals surface area contributed by atoms with Crippen LogP contribution in [-0.4, -0.2) is 14.1 Å². The van der Waals surface area contributed by atoms with E-state index >= 15 is 0 Å². The van der Waals surface area contributed by atoms with Crippen molar-refractivity contribution in [3.63, 3.8) is 0 Å². The van der Waals surface area contributed by atoms with Crippen molar-refractivity contribution in [2.24, 2.45) is 0 Å². The number of benzene rings is 9. The smallest absolute Gasteiger partial charge is 0.0999 e. The molecule has 0 spiro atoms. The topological polar surface area (TPSA) is 46.5 Å². The summed E-state index contributed by atoms with van der Waals surface area (Å²) in [5.41, 5.74) is 27.7. The molecule has 0 N–H and O–H groups in total. The van der Waals surface area contributed by atoms with Gasteiger partial charge in [0.15, 0.2) is 0 Å². The molecule has 0 bridgehead atoms. The summed E-state index contributed by atoms with van der Waals surface area (Å²) in [4.78, 5) is 4.58. The molecule has 4 nitrogen and oxygen atoms in total. The third kappa shape index (κ3) is 7.40. The minimum absolute atomic E-state index is 0.570. The molecule has 12 rings (SSSR count). The van der Waals surface area contributed by atoms with Crippen molar-refractivity contribution in [2.45, 2.75) is 55.4 Å². The molecule has 0 unspecified atom stereocenters. The molecule has 346 valence electrons. The van der Waals surface area contributed by atoms with Gasteiger partial charge in [0, 0.05) is 45.1 Å². The van der Waals surface area contributed by atoms with Crippen LogP contribution in [0.5, 0.6) is 0 Å². The lowest BCUT2D eigenvalue weighted by Gasteiger charge is -2.20. The van der Waals surface area contributed by atoms with Gasteiger partial charge in [0.2, 0.25) is 0 Å². The maximum absolute atomic E-state index is 11.3. The predicted octanol–water partition coefficient (Wildman–Crippen LogP) is 17.9. The number of pyridine rings is 1. The molecule has 12 aromatic rings. The van der Waals surface area contributed by atoms with Gasteiger partial charge in [0.25, 0.3) is 0 Å².